The third kappa shape index (κ3) is 2.70. The Kier molecular flexibility index (Phi) is 4.45. The number of nitrogens with zero attached hydrogens (tertiary/aromatic N) is 2. The van der Waals surface area contributed by atoms with Gasteiger partial charge in [-0.1, -0.05) is 30.7 Å². The summed E-state index contributed by atoms with van der Waals surface area (Å²) in [6.07, 6.45) is 2.39. The molecule has 0 N–H and O–H groups in total. The zero-order valence-electron chi connectivity index (χ0n) is 11.8. The van der Waals surface area contributed by atoms with Crippen molar-refractivity contribution in [3.63, 3.8) is 0 Å². The van der Waals surface area contributed by atoms with Crippen molar-refractivity contribution < 1.29 is 9.53 Å². The van der Waals surface area contributed by atoms with E-state index in [9.17, 15) is 4.79 Å². The van der Waals surface area contributed by atoms with Gasteiger partial charge < -0.3 is 4.74 Å². The maximum atomic E-state index is 12.6. The number of rotatable bonds is 5. The van der Waals surface area contributed by atoms with Crippen LogP contribution in [0.5, 0.6) is 5.75 Å². The first-order valence-electron chi connectivity index (χ1n) is 6.49. The highest BCUT2D eigenvalue weighted by atomic mass is 35.5. The van der Waals surface area contributed by atoms with E-state index >= 15 is 0 Å². The zero-order valence-corrected chi connectivity index (χ0v) is 12.6. The third-order valence-electron chi connectivity index (χ3n) is 3.12. The van der Waals surface area contributed by atoms with Gasteiger partial charge in [0.1, 0.15) is 11.4 Å². The molecule has 2 aromatic rings. The minimum atomic E-state index is -0.140. The monoisotopic (exact) mass is 292 g/mol. The normalized spacial score (nSPS) is 10.6. The fourth-order valence-electron chi connectivity index (χ4n) is 2.07. The molecule has 1 aromatic carbocycles. The van der Waals surface area contributed by atoms with Gasteiger partial charge in [0.2, 0.25) is 5.78 Å². The molecule has 0 fully saturated rings. The number of ether oxygens (including phenoxy) is 1. The molecule has 5 heteroatoms. The van der Waals surface area contributed by atoms with E-state index in [1.54, 1.807) is 23.9 Å². The molecule has 1 aromatic heterocycles. The number of hydrogen-bond donors (Lipinski definition) is 0. The molecule has 0 amide bonds. The molecule has 0 radical (unpaired) electrons. The average molecular weight is 293 g/mol. The van der Waals surface area contributed by atoms with E-state index in [0.29, 0.717) is 28.6 Å². The number of carbonyl (C=O) groups is 1. The molecule has 1 heterocycles. The molecule has 0 bridgehead atoms. The Morgan fingerprint density at radius 2 is 2.20 bits per heavy atom. The fourth-order valence-corrected chi connectivity index (χ4v) is 2.29. The summed E-state index contributed by atoms with van der Waals surface area (Å²) in [7, 11) is 1.59. The van der Waals surface area contributed by atoms with Crippen molar-refractivity contribution in [3.8, 4) is 5.75 Å². The Bertz CT molecular complexity index is 635. The van der Waals surface area contributed by atoms with Gasteiger partial charge in [0.05, 0.1) is 18.3 Å². The van der Waals surface area contributed by atoms with Crippen molar-refractivity contribution in [3.05, 3.63) is 46.2 Å². The first kappa shape index (κ1) is 14.6. The molecule has 0 aliphatic rings. The molecule has 0 spiro atoms. The molecule has 0 unspecified atom stereocenters. The first-order chi connectivity index (χ1) is 9.58. The molecule has 4 nitrogen and oxygen atoms in total. The highest BCUT2D eigenvalue weighted by Gasteiger charge is 2.19. The third-order valence-corrected chi connectivity index (χ3v) is 3.39. The van der Waals surface area contributed by atoms with Crippen LogP contribution in [0.25, 0.3) is 0 Å². The average Bonchev–Trinajstić information content (AvgIpc) is 2.80. The maximum absolute atomic E-state index is 12.6. The molecular weight excluding hydrogens is 276 g/mol. The topological polar surface area (TPSA) is 44.1 Å². The van der Waals surface area contributed by atoms with Crippen molar-refractivity contribution in [2.75, 3.05) is 7.11 Å². The van der Waals surface area contributed by atoms with E-state index in [-0.39, 0.29) is 5.78 Å². The summed E-state index contributed by atoms with van der Waals surface area (Å²) in [5, 5.41) is 4.52. The van der Waals surface area contributed by atoms with E-state index < -0.39 is 0 Å². The van der Waals surface area contributed by atoms with Crippen LogP contribution in [-0.2, 0) is 6.54 Å². The first-order valence-corrected chi connectivity index (χ1v) is 6.87. The lowest BCUT2D eigenvalue weighted by Crippen LogP contribution is -2.12. The van der Waals surface area contributed by atoms with Gasteiger partial charge in [-0.2, -0.15) is 5.10 Å². The molecule has 0 saturated carbocycles. The maximum Gasteiger partial charge on any atom is 0.212 e. The Morgan fingerprint density at radius 1 is 1.45 bits per heavy atom. The summed E-state index contributed by atoms with van der Waals surface area (Å²) in [5.41, 5.74) is 1.96. The van der Waals surface area contributed by atoms with Gasteiger partial charge in [0.15, 0.2) is 0 Å². The van der Waals surface area contributed by atoms with Gasteiger partial charge >= 0.3 is 0 Å². The van der Waals surface area contributed by atoms with Crippen molar-refractivity contribution in [1.82, 2.24) is 9.78 Å². The van der Waals surface area contributed by atoms with Gasteiger partial charge in [-0.25, -0.2) is 0 Å². The molecular formula is C15H17ClN2O2. The molecule has 0 saturated heterocycles. The summed E-state index contributed by atoms with van der Waals surface area (Å²) in [4.78, 5) is 12.6. The van der Waals surface area contributed by atoms with Crippen LogP contribution in [0.3, 0.4) is 0 Å². The van der Waals surface area contributed by atoms with E-state index in [2.05, 4.69) is 5.10 Å². The highest BCUT2D eigenvalue weighted by molar-refractivity contribution is 6.34. The Hall–Kier alpha value is -1.81. The van der Waals surface area contributed by atoms with Crippen LogP contribution in [0.2, 0.25) is 5.02 Å². The number of carbonyl (C=O) groups excluding carboxylic acids is 1. The lowest BCUT2D eigenvalue weighted by Gasteiger charge is -2.09. The number of ketones is 1. The van der Waals surface area contributed by atoms with Gasteiger partial charge in [-0.15, -0.1) is 0 Å². The summed E-state index contributed by atoms with van der Waals surface area (Å²) in [5.74, 6) is 0.549. The summed E-state index contributed by atoms with van der Waals surface area (Å²) in [6.45, 7) is 4.62. The molecule has 0 atom stereocenters. The molecule has 2 rings (SSSR count). The highest BCUT2D eigenvalue weighted by Crippen LogP contribution is 2.24. The second kappa shape index (κ2) is 6.09. The second-order valence-corrected chi connectivity index (χ2v) is 4.98. The number of methoxy groups -OCH3 is 1. The number of aromatic nitrogens is 2. The predicted molar refractivity (Wildman–Crippen MR) is 78.7 cm³/mol. The molecule has 106 valence electrons. The number of aryl methyl sites for hydroxylation is 2. The SMILES string of the molecule is CCCn1ncc(Cl)c1C(=O)c1ccc(C)c(OC)c1. The van der Waals surface area contributed by atoms with Crippen LogP contribution in [0, 0.1) is 6.92 Å². The van der Waals surface area contributed by atoms with Gasteiger partial charge in [-0.05, 0) is 25.0 Å². The van der Waals surface area contributed by atoms with E-state index in [1.807, 2.05) is 19.9 Å². The minimum Gasteiger partial charge on any atom is -0.496 e. The predicted octanol–water partition coefficient (Wildman–Crippen LogP) is 3.49. The Balaban J connectivity index is 2.43. The van der Waals surface area contributed by atoms with Crippen LogP contribution >= 0.6 is 11.6 Å². The van der Waals surface area contributed by atoms with Crippen molar-refractivity contribution in [2.24, 2.45) is 0 Å². The van der Waals surface area contributed by atoms with Crippen LogP contribution in [0.15, 0.2) is 24.4 Å². The van der Waals surface area contributed by atoms with Gasteiger partial charge in [-0.3, -0.25) is 9.48 Å². The second-order valence-electron chi connectivity index (χ2n) is 4.58. The van der Waals surface area contributed by atoms with Crippen LogP contribution in [0.1, 0.15) is 35.0 Å². The van der Waals surface area contributed by atoms with E-state index in [1.165, 1.54) is 6.20 Å². The largest absolute Gasteiger partial charge is 0.496 e. The minimum absolute atomic E-state index is 0.140. The van der Waals surface area contributed by atoms with Crippen molar-refractivity contribution in [1.29, 1.82) is 0 Å². The number of halogens is 1. The fraction of sp³-hybridized carbons (Fsp3) is 0.333. The lowest BCUT2D eigenvalue weighted by atomic mass is 10.1. The van der Waals surface area contributed by atoms with Crippen molar-refractivity contribution in [2.45, 2.75) is 26.8 Å². The van der Waals surface area contributed by atoms with Crippen LogP contribution in [0.4, 0.5) is 0 Å². The number of hydrogen-bond acceptors (Lipinski definition) is 3. The van der Waals surface area contributed by atoms with E-state index in [0.717, 1.165) is 12.0 Å². The molecule has 0 aliphatic heterocycles. The van der Waals surface area contributed by atoms with Crippen LogP contribution < -0.4 is 4.74 Å². The van der Waals surface area contributed by atoms with Gasteiger partial charge in [0, 0.05) is 12.1 Å². The van der Waals surface area contributed by atoms with Gasteiger partial charge in [0.25, 0.3) is 0 Å². The number of benzene rings is 1. The summed E-state index contributed by atoms with van der Waals surface area (Å²) in [6, 6.07) is 5.37. The summed E-state index contributed by atoms with van der Waals surface area (Å²) >= 11 is 6.09. The quantitative estimate of drug-likeness (QED) is 0.792. The summed E-state index contributed by atoms with van der Waals surface area (Å²) < 4.78 is 6.90. The van der Waals surface area contributed by atoms with Crippen LogP contribution in [-0.4, -0.2) is 22.7 Å². The molecule has 0 aliphatic carbocycles. The lowest BCUT2D eigenvalue weighted by molar-refractivity contribution is 0.102. The smallest absolute Gasteiger partial charge is 0.212 e. The zero-order chi connectivity index (χ0) is 14.7. The van der Waals surface area contributed by atoms with Crippen molar-refractivity contribution >= 4 is 17.4 Å². The molecule has 20 heavy (non-hydrogen) atoms. The Morgan fingerprint density at radius 3 is 2.85 bits per heavy atom. The standard InChI is InChI=1S/C15H17ClN2O2/c1-4-7-18-14(12(16)9-17-18)15(19)11-6-5-10(2)13(8-11)20-3/h5-6,8-9H,4,7H2,1-3H3. The Labute approximate surface area is 123 Å². The van der Waals surface area contributed by atoms with E-state index in [4.69, 9.17) is 16.3 Å².